The largest absolute Gasteiger partial charge is 0.364 e. The van der Waals surface area contributed by atoms with Crippen LogP contribution in [0, 0.1) is 12.7 Å². The standard InChI is InChI=1S/C23H24FN3O/c1-17-3-2-4-18(11-17)13-26-10-9-23(15-26)16-27-21(12-25-22(27)14-28-23)19-5-7-20(24)8-6-19/h2-8,11-12H,9-10,13-16H2,1H3/t23-/m0/s1. The zero-order valence-electron chi connectivity index (χ0n) is 16.1. The minimum atomic E-state index is -0.218. The number of halogens is 1. The molecule has 2 aliphatic rings. The van der Waals surface area contributed by atoms with Crippen molar-refractivity contribution in [3.8, 4) is 11.3 Å². The predicted molar refractivity (Wildman–Crippen MR) is 106 cm³/mol. The third-order valence-corrected chi connectivity index (χ3v) is 5.92. The Morgan fingerprint density at radius 2 is 2.00 bits per heavy atom. The number of rotatable bonds is 3. The second kappa shape index (κ2) is 6.83. The summed E-state index contributed by atoms with van der Waals surface area (Å²) in [4.78, 5) is 7.02. The van der Waals surface area contributed by atoms with Gasteiger partial charge in [-0.3, -0.25) is 4.90 Å². The first kappa shape index (κ1) is 17.6. The number of aromatic nitrogens is 2. The molecular weight excluding hydrogens is 353 g/mol. The third-order valence-electron chi connectivity index (χ3n) is 5.92. The van der Waals surface area contributed by atoms with Crippen LogP contribution < -0.4 is 0 Å². The molecule has 1 saturated heterocycles. The zero-order chi connectivity index (χ0) is 19.1. The van der Waals surface area contributed by atoms with E-state index in [1.165, 1.54) is 23.3 Å². The Hall–Kier alpha value is -2.50. The molecule has 1 fully saturated rings. The Kier molecular flexibility index (Phi) is 4.29. The van der Waals surface area contributed by atoms with Crippen molar-refractivity contribution in [3.05, 3.63) is 77.5 Å². The molecule has 28 heavy (non-hydrogen) atoms. The normalized spacial score (nSPS) is 21.9. The van der Waals surface area contributed by atoms with Gasteiger partial charge in [-0.2, -0.15) is 0 Å². The van der Waals surface area contributed by atoms with Crippen molar-refractivity contribution >= 4 is 0 Å². The number of aryl methyl sites for hydroxylation is 1. The maximum atomic E-state index is 13.3. The fourth-order valence-electron chi connectivity index (χ4n) is 4.49. The van der Waals surface area contributed by atoms with Crippen LogP contribution in [0.3, 0.4) is 0 Å². The van der Waals surface area contributed by atoms with Gasteiger partial charge >= 0.3 is 0 Å². The van der Waals surface area contributed by atoms with Gasteiger partial charge in [-0.05, 0) is 48.7 Å². The van der Waals surface area contributed by atoms with Gasteiger partial charge in [-0.1, -0.05) is 29.8 Å². The van der Waals surface area contributed by atoms with Crippen LogP contribution in [-0.4, -0.2) is 33.1 Å². The highest BCUT2D eigenvalue weighted by atomic mass is 19.1. The van der Waals surface area contributed by atoms with Crippen LogP contribution in [0.25, 0.3) is 11.3 Å². The van der Waals surface area contributed by atoms with Gasteiger partial charge in [-0.15, -0.1) is 0 Å². The van der Waals surface area contributed by atoms with E-state index in [4.69, 9.17) is 4.74 Å². The SMILES string of the molecule is Cc1cccc(CN2CC[C@]3(C2)Cn2c(-c4ccc(F)cc4)cnc2CO3)c1. The minimum Gasteiger partial charge on any atom is -0.364 e. The van der Waals surface area contributed by atoms with E-state index in [-0.39, 0.29) is 11.4 Å². The van der Waals surface area contributed by atoms with Crippen molar-refractivity contribution in [3.63, 3.8) is 0 Å². The molecule has 0 radical (unpaired) electrons. The van der Waals surface area contributed by atoms with Crippen LogP contribution in [-0.2, 0) is 24.4 Å². The van der Waals surface area contributed by atoms with E-state index in [9.17, 15) is 4.39 Å². The lowest BCUT2D eigenvalue weighted by Crippen LogP contribution is -2.44. The lowest BCUT2D eigenvalue weighted by atomic mass is 10.0. The number of nitrogens with zero attached hydrogens (tertiary/aromatic N) is 3. The molecule has 0 N–H and O–H groups in total. The van der Waals surface area contributed by atoms with E-state index >= 15 is 0 Å². The fraction of sp³-hybridized carbons (Fsp3) is 0.348. The van der Waals surface area contributed by atoms with Gasteiger partial charge in [0, 0.05) is 19.6 Å². The molecule has 2 aliphatic heterocycles. The monoisotopic (exact) mass is 377 g/mol. The van der Waals surface area contributed by atoms with Crippen molar-refractivity contribution < 1.29 is 9.13 Å². The molecule has 2 aromatic carbocycles. The van der Waals surface area contributed by atoms with Gasteiger partial charge in [0.2, 0.25) is 0 Å². The Balaban J connectivity index is 1.35. The summed E-state index contributed by atoms with van der Waals surface area (Å²) < 4.78 is 21.9. The highest BCUT2D eigenvalue weighted by Gasteiger charge is 2.43. The lowest BCUT2D eigenvalue weighted by Gasteiger charge is -2.35. The van der Waals surface area contributed by atoms with Gasteiger partial charge in [0.05, 0.1) is 18.4 Å². The van der Waals surface area contributed by atoms with Crippen LogP contribution in [0.1, 0.15) is 23.4 Å². The molecule has 5 heteroatoms. The first-order valence-corrected chi connectivity index (χ1v) is 9.82. The summed E-state index contributed by atoms with van der Waals surface area (Å²) in [5.41, 5.74) is 4.50. The van der Waals surface area contributed by atoms with Crippen LogP contribution >= 0.6 is 0 Å². The average molecular weight is 377 g/mol. The summed E-state index contributed by atoms with van der Waals surface area (Å²) >= 11 is 0. The van der Waals surface area contributed by atoms with Crippen molar-refractivity contribution in [2.45, 2.75) is 38.6 Å². The molecule has 0 saturated carbocycles. The molecular formula is C23H24FN3O. The quantitative estimate of drug-likeness (QED) is 0.686. The van der Waals surface area contributed by atoms with E-state index in [2.05, 4.69) is 45.6 Å². The Labute approximate surface area is 164 Å². The third kappa shape index (κ3) is 3.25. The fourth-order valence-corrected chi connectivity index (χ4v) is 4.49. The van der Waals surface area contributed by atoms with Crippen LogP contribution in [0.5, 0.6) is 0 Å². The van der Waals surface area contributed by atoms with E-state index in [0.29, 0.717) is 6.61 Å². The average Bonchev–Trinajstić information content (AvgIpc) is 3.27. The summed E-state index contributed by atoms with van der Waals surface area (Å²) in [7, 11) is 0. The lowest BCUT2D eigenvalue weighted by molar-refractivity contribution is -0.0821. The van der Waals surface area contributed by atoms with E-state index in [1.807, 2.05) is 18.3 Å². The van der Waals surface area contributed by atoms with Crippen LogP contribution in [0.4, 0.5) is 4.39 Å². The van der Waals surface area contributed by atoms with Gasteiger partial charge in [0.25, 0.3) is 0 Å². The predicted octanol–water partition coefficient (Wildman–Crippen LogP) is 4.17. The number of hydrogen-bond acceptors (Lipinski definition) is 3. The van der Waals surface area contributed by atoms with Crippen LogP contribution in [0.15, 0.2) is 54.7 Å². The molecule has 4 nitrogen and oxygen atoms in total. The number of ether oxygens (including phenoxy) is 1. The second-order valence-corrected chi connectivity index (χ2v) is 8.07. The van der Waals surface area contributed by atoms with Gasteiger partial charge < -0.3 is 9.30 Å². The number of fused-ring (bicyclic) bond motifs is 1. The first-order valence-electron chi connectivity index (χ1n) is 9.82. The summed E-state index contributed by atoms with van der Waals surface area (Å²) in [6.45, 7) is 6.36. The summed E-state index contributed by atoms with van der Waals surface area (Å²) in [5.74, 6) is 0.728. The summed E-state index contributed by atoms with van der Waals surface area (Å²) in [6, 6.07) is 15.4. The Morgan fingerprint density at radius 1 is 1.14 bits per heavy atom. The molecule has 0 aliphatic carbocycles. The van der Waals surface area contributed by atoms with Crippen LogP contribution in [0.2, 0.25) is 0 Å². The zero-order valence-corrected chi connectivity index (χ0v) is 16.1. The molecule has 3 aromatic rings. The number of hydrogen-bond donors (Lipinski definition) is 0. The highest BCUT2D eigenvalue weighted by molar-refractivity contribution is 5.59. The molecule has 5 rings (SSSR count). The topological polar surface area (TPSA) is 30.3 Å². The van der Waals surface area contributed by atoms with Gasteiger partial charge in [0.15, 0.2) is 0 Å². The van der Waals surface area contributed by atoms with Gasteiger partial charge in [-0.25, -0.2) is 9.37 Å². The minimum absolute atomic E-state index is 0.174. The van der Waals surface area contributed by atoms with Crippen molar-refractivity contribution in [1.82, 2.24) is 14.5 Å². The van der Waals surface area contributed by atoms with E-state index in [1.54, 1.807) is 0 Å². The molecule has 0 unspecified atom stereocenters. The molecule has 1 spiro atoms. The summed E-state index contributed by atoms with van der Waals surface area (Å²) in [6.07, 6.45) is 2.89. The number of benzene rings is 2. The molecule has 144 valence electrons. The molecule has 1 aromatic heterocycles. The number of likely N-dealkylation sites (tertiary alicyclic amines) is 1. The molecule has 1 atom stereocenters. The van der Waals surface area contributed by atoms with Crippen molar-refractivity contribution in [1.29, 1.82) is 0 Å². The second-order valence-electron chi connectivity index (χ2n) is 8.07. The highest BCUT2D eigenvalue weighted by Crippen LogP contribution is 2.35. The van der Waals surface area contributed by atoms with Crippen molar-refractivity contribution in [2.75, 3.05) is 13.1 Å². The Morgan fingerprint density at radius 3 is 2.82 bits per heavy atom. The van der Waals surface area contributed by atoms with Gasteiger partial charge in [0.1, 0.15) is 23.8 Å². The maximum Gasteiger partial charge on any atom is 0.135 e. The maximum absolute atomic E-state index is 13.3. The molecule has 0 bridgehead atoms. The smallest absolute Gasteiger partial charge is 0.135 e. The van der Waals surface area contributed by atoms with E-state index in [0.717, 1.165) is 49.7 Å². The van der Waals surface area contributed by atoms with Crippen molar-refractivity contribution in [2.24, 2.45) is 0 Å². The number of imidazole rings is 1. The molecule has 0 amide bonds. The van der Waals surface area contributed by atoms with E-state index < -0.39 is 0 Å². The first-order chi connectivity index (χ1) is 13.6. The summed E-state index contributed by atoms with van der Waals surface area (Å²) in [5, 5.41) is 0. The Bertz CT molecular complexity index is 997. The molecule has 3 heterocycles.